The van der Waals surface area contributed by atoms with Gasteiger partial charge in [-0.05, 0) is 48.0 Å². The number of hydrogen-bond donors (Lipinski definition) is 0. The van der Waals surface area contributed by atoms with Crippen LogP contribution in [0.15, 0.2) is 32.1 Å². The zero-order valence-corrected chi connectivity index (χ0v) is 16.6. The van der Waals surface area contributed by atoms with Gasteiger partial charge in [-0.25, -0.2) is 12.8 Å². The number of hydrogen-bond acceptors (Lipinski definition) is 5. The normalized spacial score (nSPS) is 16.1. The van der Waals surface area contributed by atoms with Gasteiger partial charge in [0, 0.05) is 31.7 Å². The van der Waals surface area contributed by atoms with Gasteiger partial charge in [0.2, 0.25) is 10.0 Å². The first-order valence-electron chi connectivity index (χ1n) is 7.89. The Labute approximate surface area is 158 Å². The van der Waals surface area contributed by atoms with Crippen molar-refractivity contribution in [2.75, 3.05) is 26.2 Å². The Balaban J connectivity index is 1.73. The molecule has 1 aliphatic rings. The molecular weight excluding hydrogens is 429 g/mol. The first kappa shape index (κ1) is 19.0. The summed E-state index contributed by atoms with van der Waals surface area (Å²) < 4.78 is 45.8. The van der Waals surface area contributed by atoms with E-state index in [0.717, 1.165) is 0 Å². The summed E-state index contributed by atoms with van der Waals surface area (Å²) in [6.07, 6.45) is 0. The highest BCUT2D eigenvalue weighted by atomic mass is 79.9. The summed E-state index contributed by atoms with van der Waals surface area (Å²) in [7, 11) is -3.73. The van der Waals surface area contributed by atoms with Crippen LogP contribution >= 0.6 is 15.9 Å². The number of carbonyl (C=O) groups is 1. The maximum atomic E-state index is 13.6. The number of sulfonamides is 1. The third-order valence-corrected chi connectivity index (χ3v) is 7.05. The van der Waals surface area contributed by atoms with Crippen molar-refractivity contribution in [2.24, 2.45) is 0 Å². The SMILES string of the molecule is Cc1noc(C)c1S(=O)(=O)N1CCN(C(=O)c2ccc(Br)c(F)c2)CC1. The fraction of sp³-hybridized carbons (Fsp3) is 0.375. The molecule has 0 spiro atoms. The molecule has 0 unspecified atom stereocenters. The molecular formula is C16H17BrFN3O4S. The van der Waals surface area contributed by atoms with E-state index in [0.29, 0.717) is 5.69 Å². The van der Waals surface area contributed by atoms with Crippen molar-refractivity contribution in [3.8, 4) is 0 Å². The van der Waals surface area contributed by atoms with Crippen molar-refractivity contribution < 1.29 is 22.1 Å². The molecule has 1 aromatic heterocycles. The lowest BCUT2D eigenvalue weighted by Gasteiger charge is -2.34. The Hall–Kier alpha value is -1.78. The van der Waals surface area contributed by atoms with Gasteiger partial charge in [-0.2, -0.15) is 4.31 Å². The molecule has 0 radical (unpaired) electrons. The highest BCUT2D eigenvalue weighted by Gasteiger charge is 2.34. The van der Waals surface area contributed by atoms with Gasteiger partial charge < -0.3 is 9.42 Å². The molecule has 1 fully saturated rings. The van der Waals surface area contributed by atoms with Crippen LogP contribution in [0.3, 0.4) is 0 Å². The van der Waals surface area contributed by atoms with E-state index in [2.05, 4.69) is 21.1 Å². The molecule has 26 heavy (non-hydrogen) atoms. The second-order valence-corrected chi connectivity index (χ2v) is 8.71. The largest absolute Gasteiger partial charge is 0.360 e. The zero-order valence-electron chi connectivity index (χ0n) is 14.2. The molecule has 1 aromatic carbocycles. The second kappa shape index (κ2) is 7.09. The van der Waals surface area contributed by atoms with Gasteiger partial charge in [0.15, 0.2) is 5.76 Å². The smallest absolute Gasteiger partial charge is 0.254 e. The maximum absolute atomic E-state index is 13.6. The first-order chi connectivity index (χ1) is 12.2. The molecule has 0 aliphatic carbocycles. The topological polar surface area (TPSA) is 83.7 Å². The molecule has 3 rings (SSSR count). The van der Waals surface area contributed by atoms with Crippen LogP contribution in [0.1, 0.15) is 21.8 Å². The Kier molecular flexibility index (Phi) is 5.18. The van der Waals surface area contributed by atoms with Crippen molar-refractivity contribution in [3.63, 3.8) is 0 Å². The number of halogens is 2. The van der Waals surface area contributed by atoms with Crippen LogP contribution < -0.4 is 0 Å². The number of aryl methyl sites for hydroxylation is 2. The monoisotopic (exact) mass is 445 g/mol. The summed E-state index contributed by atoms with van der Waals surface area (Å²) >= 11 is 3.05. The van der Waals surface area contributed by atoms with Crippen LogP contribution in [-0.4, -0.2) is 54.9 Å². The predicted octanol–water partition coefficient (Wildman–Crippen LogP) is 2.34. The highest BCUT2D eigenvalue weighted by Crippen LogP contribution is 2.25. The summed E-state index contributed by atoms with van der Waals surface area (Å²) in [4.78, 5) is 14.1. The number of benzene rings is 1. The molecule has 1 aliphatic heterocycles. The number of carbonyl (C=O) groups excluding carboxylic acids is 1. The van der Waals surface area contributed by atoms with E-state index >= 15 is 0 Å². The molecule has 1 amide bonds. The van der Waals surface area contributed by atoms with Crippen molar-refractivity contribution >= 4 is 31.9 Å². The van der Waals surface area contributed by atoms with Crippen LogP contribution in [0.2, 0.25) is 0 Å². The fourth-order valence-corrected chi connectivity index (χ4v) is 4.88. The predicted molar refractivity (Wildman–Crippen MR) is 94.7 cm³/mol. The number of aromatic nitrogens is 1. The summed E-state index contributed by atoms with van der Waals surface area (Å²) in [6, 6.07) is 4.17. The Morgan fingerprint density at radius 2 is 1.88 bits per heavy atom. The van der Waals surface area contributed by atoms with E-state index < -0.39 is 15.8 Å². The molecule has 2 aromatic rings. The van der Waals surface area contributed by atoms with E-state index in [1.807, 2.05) is 0 Å². The first-order valence-corrected chi connectivity index (χ1v) is 10.1. The van der Waals surface area contributed by atoms with Crippen LogP contribution in [-0.2, 0) is 10.0 Å². The standard InChI is InChI=1S/C16H17BrFN3O4S/c1-10-15(11(2)25-19-10)26(23,24)21-7-5-20(6-8-21)16(22)12-3-4-13(17)14(18)9-12/h3-4,9H,5-8H2,1-2H3. The summed E-state index contributed by atoms with van der Waals surface area (Å²) in [6.45, 7) is 3.87. The molecule has 0 atom stereocenters. The minimum atomic E-state index is -3.73. The Bertz CT molecular complexity index is 933. The lowest BCUT2D eigenvalue weighted by atomic mass is 10.2. The van der Waals surface area contributed by atoms with E-state index in [4.69, 9.17) is 4.52 Å². The average Bonchev–Trinajstić information content (AvgIpc) is 2.96. The molecule has 140 valence electrons. The van der Waals surface area contributed by atoms with Gasteiger partial charge in [-0.1, -0.05) is 5.16 Å². The summed E-state index contributed by atoms with van der Waals surface area (Å²) in [5.74, 6) is -0.604. The van der Waals surface area contributed by atoms with Crippen LogP contribution in [0.4, 0.5) is 4.39 Å². The minimum Gasteiger partial charge on any atom is -0.360 e. The molecule has 7 nitrogen and oxygen atoms in total. The van der Waals surface area contributed by atoms with E-state index in [1.54, 1.807) is 13.8 Å². The number of rotatable bonds is 3. The molecule has 0 N–H and O–H groups in total. The van der Waals surface area contributed by atoms with Gasteiger partial charge in [-0.15, -0.1) is 0 Å². The molecule has 2 heterocycles. The summed E-state index contributed by atoms with van der Waals surface area (Å²) in [5, 5.41) is 3.69. The Morgan fingerprint density at radius 1 is 1.23 bits per heavy atom. The lowest BCUT2D eigenvalue weighted by Crippen LogP contribution is -2.50. The van der Waals surface area contributed by atoms with Gasteiger partial charge >= 0.3 is 0 Å². The molecule has 0 bridgehead atoms. The number of nitrogens with zero attached hydrogens (tertiary/aromatic N) is 3. The fourth-order valence-electron chi connectivity index (χ4n) is 2.92. The molecule has 10 heteroatoms. The Morgan fingerprint density at radius 3 is 2.42 bits per heavy atom. The van der Waals surface area contributed by atoms with Crippen molar-refractivity contribution in [2.45, 2.75) is 18.7 Å². The van der Waals surface area contributed by atoms with E-state index in [-0.39, 0.29) is 52.8 Å². The average molecular weight is 446 g/mol. The molecule has 0 saturated carbocycles. The van der Waals surface area contributed by atoms with Gasteiger partial charge in [-0.3, -0.25) is 4.79 Å². The zero-order chi connectivity index (χ0) is 19.1. The molecule has 1 saturated heterocycles. The van der Waals surface area contributed by atoms with E-state index in [9.17, 15) is 17.6 Å². The van der Waals surface area contributed by atoms with Crippen LogP contribution in [0.5, 0.6) is 0 Å². The van der Waals surface area contributed by atoms with Crippen LogP contribution in [0, 0.1) is 19.7 Å². The maximum Gasteiger partial charge on any atom is 0.254 e. The number of piperazine rings is 1. The van der Waals surface area contributed by atoms with Crippen molar-refractivity contribution in [3.05, 3.63) is 45.5 Å². The lowest BCUT2D eigenvalue weighted by molar-refractivity contribution is 0.0697. The van der Waals surface area contributed by atoms with Crippen molar-refractivity contribution in [1.29, 1.82) is 0 Å². The summed E-state index contributed by atoms with van der Waals surface area (Å²) in [5.41, 5.74) is 0.541. The minimum absolute atomic E-state index is 0.0762. The number of amides is 1. The van der Waals surface area contributed by atoms with Gasteiger partial charge in [0.1, 0.15) is 16.4 Å². The highest BCUT2D eigenvalue weighted by molar-refractivity contribution is 9.10. The van der Waals surface area contributed by atoms with Gasteiger partial charge in [0.05, 0.1) is 4.47 Å². The quantitative estimate of drug-likeness (QED) is 0.723. The van der Waals surface area contributed by atoms with Crippen molar-refractivity contribution in [1.82, 2.24) is 14.4 Å². The van der Waals surface area contributed by atoms with E-state index in [1.165, 1.54) is 27.4 Å². The third kappa shape index (κ3) is 3.40. The van der Waals surface area contributed by atoms with Gasteiger partial charge in [0.25, 0.3) is 5.91 Å². The second-order valence-electron chi connectivity index (χ2n) is 5.98. The van der Waals surface area contributed by atoms with Crippen LogP contribution in [0.25, 0.3) is 0 Å². The third-order valence-electron chi connectivity index (χ3n) is 4.26.